The Balaban J connectivity index is 1.79. The monoisotopic (exact) mass is 413 g/mol. The van der Waals surface area contributed by atoms with E-state index in [2.05, 4.69) is 14.7 Å². The van der Waals surface area contributed by atoms with E-state index in [4.69, 9.17) is 5.11 Å². The van der Waals surface area contributed by atoms with E-state index >= 15 is 0 Å². The third-order valence-corrected chi connectivity index (χ3v) is 5.90. The Bertz CT molecular complexity index is 1090. The molecular weight excluding hydrogens is 390 g/mol. The number of pyridine rings is 1. The van der Waals surface area contributed by atoms with Crippen LogP contribution in [0.3, 0.4) is 0 Å². The topological polar surface area (TPSA) is 112 Å². The Morgan fingerprint density at radius 2 is 1.93 bits per heavy atom. The lowest BCUT2D eigenvalue weighted by Gasteiger charge is -2.11. The molecule has 8 heteroatoms. The van der Waals surface area contributed by atoms with Crippen LogP contribution in [0, 0.1) is 6.92 Å². The third-order valence-electron chi connectivity index (χ3n) is 4.63. The van der Waals surface area contributed by atoms with Crippen LogP contribution in [0.2, 0.25) is 0 Å². The van der Waals surface area contributed by atoms with Gasteiger partial charge in [0.25, 0.3) is 0 Å². The summed E-state index contributed by atoms with van der Waals surface area (Å²) in [5.74, 6) is -0.553. The molecule has 0 fully saturated rings. The maximum Gasteiger partial charge on any atom is 0.235 e. The van der Waals surface area contributed by atoms with Crippen molar-refractivity contribution in [3.8, 4) is 0 Å². The van der Waals surface area contributed by atoms with Crippen LogP contribution in [0.5, 0.6) is 0 Å². The fraction of sp³-hybridized carbons (Fsp3) is 0.238. The number of nitrogens with zero attached hydrogens (tertiary/aromatic N) is 1. The molecule has 0 saturated carbocycles. The second kappa shape index (κ2) is 8.59. The van der Waals surface area contributed by atoms with Gasteiger partial charge in [0.1, 0.15) is 0 Å². The van der Waals surface area contributed by atoms with Crippen LogP contribution < -0.4 is 4.72 Å². The van der Waals surface area contributed by atoms with Gasteiger partial charge in [-0.1, -0.05) is 37.3 Å². The number of hydrogen-bond donors (Lipinski definition) is 3. The maximum atomic E-state index is 12.7. The Hall–Kier alpha value is -2.97. The molecule has 3 aromatic rings. The summed E-state index contributed by atoms with van der Waals surface area (Å²) >= 11 is 0. The van der Waals surface area contributed by atoms with E-state index in [-0.39, 0.29) is 17.5 Å². The number of aromatic nitrogens is 2. The zero-order valence-electron chi connectivity index (χ0n) is 16.2. The fourth-order valence-corrected chi connectivity index (χ4v) is 3.84. The van der Waals surface area contributed by atoms with Crippen molar-refractivity contribution >= 4 is 21.5 Å². The summed E-state index contributed by atoms with van der Waals surface area (Å²) < 4.78 is 25.8. The molecule has 0 bridgehead atoms. The van der Waals surface area contributed by atoms with Gasteiger partial charge in [-0.3, -0.25) is 14.5 Å². The standard InChI is InChI=1S/C21H23N3O4S/c1-14-12-19(23-20(14)21(26)16-6-4-3-5-7-16)15(2)18-9-8-17(13-22-18)24-29(27,28)11-10-25/h3-9,12-13,15,23-25H,10-11H2,1-2H3. The number of aliphatic hydroxyl groups excluding tert-OH is 1. The highest BCUT2D eigenvalue weighted by molar-refractivity contribution is 7.92. The zero-order valence-corrected chi connectivity index (χ0v) is 17.0. The van der Waals surface area contributed by atoms with Crippen molar-refractivity contribution in [3.05, 3.63) is 82.9 Å². The molecule has 29 heavy (non-hydrogen) atoms. The molecule has 0 spiro atoms. The van der Waals surface area contributed by atoms with E-state index in [0.29, 0.717) is 16.9 Å². The Morgan fingerprint density at radius 1 is 1.21 bits per heavy atom. The predicted molar refractivity (Wildman–Crippen MR) is 112 cm³/mol. The quantitative estimate of drug-likeness (QED) is 0.492. The van der Waals surface area contributed by atoms with Gasteiger partial charge in [0.05, 0.1) is 29.9 Å². The number of carbonyl (C=O) groups is 1. The van der Waals surface area contributed by atoms with E-state index in [1.165, 1.54) is 6.20 Å². The number of rotatable bonds is 8. The van der Waals surface area contributed by atoms with Crippen molar-refractivity contribution in [1.82, 2.24) is 9.97 Å². The SMILES string of the molecule is Cc1cc(C(C)c2ccc(NS(=O)(=O)CCO)cn2)[nH]c1C(=O)c1ccccc1. The lowest BCUT2D eigenvalue weighted by molar-refractivity contribution is 0.103. The highest BCUT2D eigenvalue weighted by Gasteiger charge is 2.19. The fourth-order valence-electron chi connectivity index (χ4n) is 3.02. The van der Waals surface area contributed by atoms with Crippen molar-refractivity contribution in [2.75, 3.05) is 17.1 Å². The minimum atomic E-state index is -3.59. The number of aliphatic hydroxyl groups is 1. The summed E-state index contributed by atoms with van der Waals surface area (Å²) in [4.78, 5) is 20.3. The minimum absolute atomic E-state index is 0.0665. The molecule has 1 aromatic carbocycles. The van der Waals surface area contributed by atoms with Gasteiger partial charge in [0, 0.05) is 22.9 Å². The van der Waals surface area contributed by atoms with E-state index < -0.39 is 16.6 Å². The molecule has 3 N–H and O–H groups in total. The van der Waals surface area contributed by atoms with Gasteiger partial charge in [-0.05, 0) is 30.7 Å². The average Bonchev–Trinajstić information content (AvgIpc) is 3.09. The first kappa shape index (κ1) is 20.8. The number of nitrogens with one attached hydrogen (secondary N) is 2. The number of hydrogen-bond acceptors (Lipinski definition) is 5. The van der Waals surface area contributed by atoms with Crippen LogP contribution in [0.15, 0.2) is 54.7 Å². The Morgan fingerprint density at radius 3 is 2.55 bits per heavy atom. The second-order valence-corrected chi connectivity index (χ2v) is 8.66. The van der Waals surface area contributed by atoms with Gasteiger partial charge in [-0.15, -0.1) is 0 Å². The molecule has 1 unspecified atom stereocenters. The average molecular weight is 413 g/mol. The number of carbonyl (C=O) groups excluding carboxylic acids is 1. The number of aromatic amines is 1. The summed E-state index contributed by atoms with van der Waals surface area (Å²) in [5, 5.41) is 8.80. The largest absolute Gasteiger partial charge is 0.395 e. The van der Waals surface area contributed by atoms with Crippen LogP contribution in [-0.2, 0) is 10.0 Å². The molecule has 152 valence electrons. The number of aryl methyl sites for hydroxylation is 1. The van der Waals surface area contributed by atoms with Gasteiger partial charge >= 0.3 is 0 Å². The number of anilines is 1. The first-order valence-electron chi connectivity index (χ1n) is 9.17. The molecule has 0 aliphatic heterocycles. The molecule has 3 rings (SSSR count). The van der Waals surface area contributed by atoms with Gasteiger partial charge in [0.15, 0.2) is 0 Å². The van der Waals surface area contributed by atoms with Crippen LogP contribution >= 0.6 is 0 Å². The third kappa shape index (κ3) is 4.90. The Kier molecular flexibility index (Phi) is 6.14. The highest BCUT2D eigenvalue weighted by atomic mass is 32.2. The van der Waals surface area contributed by atoms with Crippen LogP contribution in [0.1, 0.15) is 45.8 Å². The summed E-state index contributed by atoms with van der Waals surface area (Å²) in [6, 6.07) is 14.4. The second-order valence-electron chi connectivity index (χ2n) is 6.82. The molecule has 2 heterocycles. The van der Waals surface area contributed by atoms with Gasteiger partial charge in [-0.25, -0.2) is 8.42 Å². The van der Waals surface area contributed by atoms with Crippen molar-refractivity contribution in [1.29, 1.82) is 0 Å². The summed E-state index contributed by atoms with van der Waals surface area (Å²) in [6.07, 6.45) is 1.44. The number of ketones is 1. The van der Waals surface area contributed by atoms with Gasteiger partial charge < -0.3 is 10.1 Å². The van der Waals surface area contributed by atoms with E-state index in [1.807, 2.05) is 38.1 Å². The lowest BCUT2D eigenvalue weighted by atomic mass is 10.0. The minimum Gasteiger partial charge on any atom is -0.395 e. The predicted octanol–water partition coefficient (Wildman–Crippen LogP) is 2.83. The zero-order chi connectivity index (χ0) is 21.0. The van der Waals surface area contributed by atoms with E-state index in [9.17, 15) is 13.2 Å². The number of sulfonamides is 1. The molecule has 0 saturated heterocycles. The first-order valence-corrected chi connectivity index (χ1v) is 10.8. The van der Waals surface area contributed by atoms with E-state index in [1.54, 1.807) is 24.3 Å². The van der Waals surface area contributed by atoms with Crippen molar-refractivity contribution in [2.24, 2.45) is 0 Å². The summed E-state index contributed by atoms with van der Waals surface area (Å²) in [5.41, 5.74) is 3.93. The number of benzene rings is 1. The van der Waals surface area contributed by atoms with Crippen LogP contribution in [0.4, 0.5) is 5.69 Å². The van der Waals surface area contributed by atoms with Gasteiger partial charge in [0.2, 0.25) is 15.8 Å². The van der Waals surface area contributed by atoms with E-state index in [0.717, 1.165) is 17.0 Å². The summed E-state index contributed by atoms with van der Waals surface area (Å²) in [7, 11) is -3.59. The first-order chi connectivity index (χ1) is 13.8. The van der Waals surface area contributed by atoms with Crippen LogP contribution in [0.25, 0.3) is 0 Å². The molecule has 7 nitrogen and oxygen atoms in total. The molecule has 0 aliphatic rings. The molecule has 0 aliphatic carbocycles. The molecule has 0 radical (unpaired) electrons. The normalized spacial score (nSPS) is 12.5. The molecular formula is C21H23N3O4S. The molecule has 0 amide bonds. The van der Waals surface area contributed by atoms with Gasteiger partial charge in [-0.2, -0.15) is 0 Å². The summed E-state index contributed by atoms with van der Waals surface area (Å²) in [6.45, 7) is 3.39. The number of H-pyrrole nitrogens is 1. The van der Waals surface area contributed by atoms with Crippen molar-refractivity contribution in [2.45, 2.75) is 19.8 Å². The smallest absolute Gasteiger partial charge is 0.235 e. The highest BCUT2D eigenvalue weighted by Crippen LogP contribution is 2.26. The van der Waals surface area contributed by atoms with Crippen LogP contribution in [-0.4, -0.2) is 41.6 Å². The maximum absolute atomic E-state index is 12.7. The lowest BCUT2D eigenvalue weighted by Crippen LogP contribution is -2.19. The van der Waals surface area contributed by atoms with Crippen molar-refractivity contribution < 1.29 is 18.3 Å². The Labute approximate surface area is 169 Å². The molecule has 1 atom stereocenters. The molecule has 2 aromatic heterocycles. The van der Waals surface area contributed by atoms with Crippen molar-refractivity contribution in [3.63, 3.8) is 0 Å².